The van der Waals surface area contributed by atoms with Crippen LogP contribution in [0.25, 0.3) is 0 Å². The molecule has 1 aromatic rings. The molecule has 1 saturated heterocycles. The molecule has 1 aliphatic rings. The second-order valence-corrected chi connectivity index (χ2v) is 4.53. The van der Waals surface area contributed by atoms with Crippen LogP contribution in [-0.4, -0.2) is 24.0 Å². The third kappa shape index (κ3) is 2.65. The molecule has 0 amide bonds. The molecule has 0 bridgehead atoms. The van der Waals surface area contributed by atoms with Crippen LogP contribution in [0, 0.1) is 0 Å². The largest absolute Gasteiger partial charge is 0.365 e. The maximum Gasteiger partial charge on any atom is 0.265 e. The lowest BCUT2D eigenvalue weighted by Crippen LogP contribution is -2.42. The zero-order chi connectivity index (χ0) is 10.9. The van der Waals surface area contributed by atoms with Gasteiger partial charge in [-0.2, -0.15) is 0 Å². The van der Waals surface area contributed by atoms with E-state index in [0.29, 0.717) is 17.6 Å². The van der Waals surface area contributed by atoms with Crippen LogP contribution < -0.4 is 4.90 Å². The lowest BCUT2D eigenvalue weighted by atomic mass is 10.1. The molecule has 15 heavy (non-hydrogen) atoms. The Hall–Kier alpha value is -0.710. The summed E-state index contributed by atoms with van der Waals surface area (Å²) in [6.07, 6.45) is 2.15. The van der Waals surface area contributed by atoms with Crippen LogP contribution in [0.1, 0.15) is 12.8 Å². The summed E-state index contributed by atoms with van der Waals surface area (Å²) in [5.74, 6) is -2.56. The van der Waals surface area contributed by atoms with E-state index < -0.39 is 5.92 Å². The van der Waals surface area contributed by atoms with Gasteiger partial charge in [-0.15, -0.1) is 0 Å². The zero-order valence-electron chi connectivity index (χ0n) is 8.09. The van der Waals surface area contributed by atoms with Gasteiger partial charge in [0.25, 0.3) is 5.92 Å². The minimum absolute atomic E-state index is 0.00421. The van der Waals surface area contributed by atoms with E-state index in [0.717, 1.165) is 5.69 Å². The smallest absolute Gasteiger partial charge is 0.265 e. The number of anilines is 1. The maximum atomic E-state index is 13.2. The van der Waals surface area contributed by atoms with Gasteiger partial charge in [-0.05, 0) is 34.5 Å². The zero-order valence-corrected chi connectivity index (χ0v) is 9.67. The van der Waals surface area contributed by atoms with Crippen molar-refractivity contribution in [1.29, 1.82) is 0 Å². The molecule has 2 rings (SSSR count). The third-order valence-electron chi connectivity index (χ3n) is 2.47. The van der Waals surface area contributed by atoms with E-state index in [1.54, 1.807) is 23.2 Å². The van der Waals surface area contributed by atoms with Crippen molar-refractivity contribution >= 4 is 21.6 Å². The first kappa shape index (κ1) is 10.8. The number of alkyl halides is 2. The van der Waals surface area contributed by atoms with Gasteiger partial charge < -0.3 is 4.90 Å². The molecule has 1 fully saturated rings. The summed E-state index contributed by atoms with van der Waals surface area (Å²) in [5, 5.41) is 0. The Morgan fingerprint density at radius 1 is 1.47 bits per heavy atom. The van der Waals surface area contributed by atoms with Crippen molar-refractivity contribution in [1.82, 2.24) is 4.98 Å². The average molecular weight is 277 g/mol. The Kier molecular flexibility index (Phi) is 2.91. The lowest BCUT2D eigenvalue weighted by Gasteiger charge is -2.34. The number of halogens is 3. The van der Waals surface area contributed by atoms with Crippen LogP contribution in [0.4, 0.5) is 14.5 Å². The maximum absolute atomic E-state index is 13.2. The van der Waals surface area contributed by atoms with E-state index in [2.05, 4.69) is 20.9 Å². The molecular formula is C10H11BrF2N2. The molecule has 0 radical (unpaired) electrons. The molecule has 82 valence electrons. The Morgan fingerprint density at radius 2 is 2.27 bits per heavy atom. The molecule has 0 atom stereocenters. The molecule has 2 nitrogen and oxygen atoms in total. The van der Waals surface area contributed by atoms with Crippen molar-refractivity contribution in [3.8, 4) is 0 Å². The van der Waals surface area contributed by atoms with Gasteiger partial charge in [0.1, 0.15) is 4.60 Å². The molecule has 1 aromatic heterocycles. The molecule has 5 heteroatoms. The second kappa shape index (κ2) is 4.04. The predicted octanol–water partition coefficient (Wildman–Crippen LogP) is 3.08. The van der Waals surface area contributed by atoms with Crippen molar-refractivity contribution in [2.45, 2.75) is 18.8 Å². The fraction of sp³-hybridized carbons (Fsp3) is 0.500. The van der Waals surface area contributed by atoms with E-state index in [1.807, 2.05) is 0 Å². The summed E-state index contributed by atoms with van der Waals surface area (Å²) in [7, 11) is 0. The lowest BCUT2D eigenvalue weighted by molar-refractivity contribution is -0.0116. The van der Waals surface area contributed by atoms with Crippen LogP contribution in [0.3, 0.4) is 0 Å². The van der Waals surface area contributed by atoms with Gasteiger partial charge in [-0.1, -0.05) is 0 Å². The quantitative estimate of drug-likeness (QED) is 0.733. The van der Waals surface area contributed by atoms with Crippen LogP contribution in [0.5, 0.6) is 0 Å². The van der Waals surface area contributed by atoms with Crippen molar-refractivity contribution in [2.24, 2.45) is 0 Å². The number of rotatable bonds is 1. The highest BCUT2D eigenvalue weighted by atomic mass is 79.9. The number of nitrogens with zero attached hydrogens (tertiary/aromatic N) is 2. The molecule has 1 aliphatic heterocycles. The van der Waals surface area contributed by atoms with E-state index in [9.17, 15) is 8.78 Å². The highest BCUT2D eigenvalue weighted by Crippen LogP contribution is 2.30. The van der Waals surface area contributed by atoms with E-state index in [-0.39, 0.29) is 13.0 Å². The monoisotopic (exact) mass is 276 g/mol. The minimum Gasteiger partial charge on any atom is -0.365 e. The van der Waals surface area contributed by atoms with Gasteiger partial charge >= 0.3 is 0 Å². The van der Waals surface area contributed by atoms with E-state index in [1.165, 1.54) is 0 Å². The van der Waals surface area contributed by atoms with Crippen molar-refractivity contribution in [3.63, 3.8) is 0 Å². The van der Waals surface area contributed by atoms with Gasteiger partial charge in [-0.25, -0.2) is 13.8 Å². The normalized spacial score (nSPS) is 20.3. The van der Waals surface area contributed by atoms with Crippen LogP contribution >= 0.6 is 15.9 Å². The molecule has 0 spiro atoms. The molecule has 0 saturated carbocycles. The first-order chi connectivity index (χ1) is 7.07. The van der Waals surface area contributed by atoms with Gasteiger partial charge in [-0.3, -0.25) is 0 Å². The highest BCUT2D eigenvalue weighted by Gasteiger charge is 2.35. The van der Waals surface area contributed by atoms with E-state index in [4.69, 9.17) is 0 Å². The van der Waals surface area contributed by atoms with Crippen LogP contribution in [0.2, 0.25) is 0 Å². The Labute approximate surface area is 95.4 Å². The Morgan fingerprint density at radius 3 is 2.93 bits per heavy atom. The van der Waals surface area contributed by atoms with Crippen molar-refractivity contribution in [2.75, 3.05) is 18.0 Å². The fourth-order valence-corrected chi connectivity index (χ4v) is 2.13. The third-order valence-corrected chi connectivity index (χ3v) is 2.90. The number of pyridine rings is 1. The number of aromatic nitrogens is 1. The minimum atomic E-state index is -2.56. The van der Waals surface area contributed by atoms with Gasteiger partial charge in [0.05, 0.1) is 6.54 Å². The molecule has 0 unspecified atom stereocenters. The average Bonchev–Trinajstić information content (AvgIpc) is 2.16. The number of hydrogen-bond acceptors (Lipinski definition) is 2. The van der Waals surface area contributed by atoms with Crippen LogP contribution in [-0.2, 0) is 0 Å². The van der Waals surface area contributed by atoms with Gasteiger partial charge in [0, 0.05) is 24.8 Å². The first-order valence-corrected chi connectivity index (χ1v) is 5.60. The molecule has 0 aliphatic carbocycles. The summed E-state index contributed by atoms with van der Waals surface area (Å²) >= 11 is 3.23. The number of hydrogen-bond donors (Lipinski definition) is 0. The Bertz CT molecular complexity index is 357. The number of piperidine rings is 1. The molecular weight excluding hydrogens is 266 g/mol. The molecule has 2 heterocycles. The van der Waals surface area contributed by atoms with Gasteiger partial charge in [0.2, 0.25) is 0 Å². The Balaban J connectivity index is 2.17. The van der Waals surface area contributed by atoms with E-state index >= 15 is 0 Å². The topological polar surface area (TPSA) is 16.1 Å². The summed E-state index contributed by atoms with van der Waals surface area (Å²) in [5.41, 5.74) is 0.802. The fourth-order valence-electron chi connectivity index (χ4n) is 1.78. The second-order valence-electron chi connectivity index (χ2n) is 3.72. The summed E-state index contributed by atoms with van der Waals surface area (Å²) < 4.78 is 27.0. The molecule has 0 aromatic carbocycles. The summed E-state index contributed by atoms with van der Waals surface area (Å²) in [4.78, 5) is 5.68. The standard InChI is InChI=1S/C10H11BrF2N2/c11-9-6-8(2-4-14-9)15-5-1-3-10(12,13)7-15/h2,4,6H,1,3,5,7H2. The van der Waals surface area contributed by atoms with Crippen molar-refractivity contribution < 1.29 is 8.78 Å². The van der Waals surface area contributed by atoms with Crippen LogP contribution in [0.15, 0.2) is 22.9 Å². The summed E-state index contributed by atoms with van der Waals surface area (Å²) in [6.45, 7) is 0.496. The SMILES string of the molecule is FC1(F)CCCN(c2ccnc(Br)c2)C1. The molecule has 0 N–H and O–H groups in total. The highest BCUT2D eigenvalue weighted by molar-refractivity contribution is 9.10. The summed E-state index contributed by atoms with van der Waals surface area (Å²) in [6, 6.07) is 3.52. The van der Waals surface area contributed by atoms with Crippen molar-refractivity contribution in [3.05, 3.63) is 22.9 Å². The predicted molar refractivity (Wildman–Crippen MR) is 58.3 cm³/mol. The first-order valence-electron chi connectivity index (χ1n) is 4.81. The van der Waals surface area contributed by atoms with Gasteiger partial charge in [0.15, 0.2) is 0 Å².